The SMILES string of the molecule is Cc1cc(COc2c(C)cccc2-c2cccc(N3C[C@@H]4C[C@]4(C(=O)O)C3)n2)cc2c1CN(C1CCOCC1)CC2. The third-order valence-electron chi connectivity index (χ3n) is 9.86. The van der Waals surface area contributed by atoms with Gasteiger partial charge in [-0.2, -0.15) is 0 Å². The number of carboxylic acid groups (broad SMARTS) is 1. The van der Waals surface area contributed by atoms with E-state index in [1.54, 1.807) is 0 Å². The average Bonchev–Trinajstić information content (AvgIpc) is 3.57. The molecule has 2 saturated heterocycles. The highest BCUT2D eigenvalue weighted by atomic mass is 16.5. The molecule has 2 aromatic carbocycles. The highest BCUT2D eigenvalue weighted by Crippen LogP contribution is 2.58. The van der Waals surface area contributed by atoms with Crippen molar-refractivity contribution in [3.05, 3.63) is 76.3 Å². The molecule has 1 aliphatic carbocycles. The number of rotatable bonds is 7. The van der Waals surface area contributed by atoms with E-state index < -0.39 is 11.4 Å². The van der Waals surface area contributed by atoms with Gasteiger partial charge in [0.2, 0.25) is 0 Å². The average molecular weight is 554 g/mol. The Morgan fingerprint density at radius 2 is 1.95 bits per heavy atom. The summed E-state index contributed by atoms with van der Waals surface area (Å²) in [5, 5.41) is 9.71. The molecule has 0 radical (unpaired) electrons. The summed E-state index contributed by atoms with van der Waals surface area (Å²) in [6, 6.07) is 17.5. The molecule has 3 aliphatic heterocycles. The Kier molecular flexibility index (Phi) is 6.75. The Morgan fingerprint density at radius 3 is 2.76 bits per heavy atom. The van der Waals surface area contributed by atoms with Crippen LogP contribution in [0.1, 0.15) is 47.1 Å². The first-order valence-electron chi connectivity index (χ1n) is 15.0. The van der Waals surface area contributed by atoms with E-state index in [2.05, 4.69) is 47.9 Å². The molecule has 0 amide bonds. The van der Waals surface area contributed by atoms with E-state index in [1.807, 2.05) is 24.3 Å². The molecule has 41 heavy (non-hydrogen) atoms. The Balaban J connectivity index is 1.08. The topological polar surface area (TPSA) is 75.1 Å². The fraction of sp³-hybridized carbons (Fsp3) is 0.471. The second kappa shape index (κ2) is 10.4. The number of pyridine rings is 1. The molecule has 0 spiro atoms. The summed E-state index contributed by atoms with van der Waals surface area (Å²) >= 11 is 0. The van der Waals surface area contributed by atoms with Gasteiger partial charge >= 0.3 is 5.97 Å². The Labute approximate surface area is 242 Å². The van der Waals surface area contributed by atoms with Crippen molar-refractivity contribution < 1.29 is 19.4 Å². The summed E-state index contributed by atoms with van der Waals surface area (Å²) in [6.07, 6.45) is 4.13. The predicted octanol–water partition coefficient (Wildman–Crippen LogP) is 5.39. The van der Waals surface area contributed by atoms with Crippen LogP contribution in [0.3, 0.4) is 0 Å². The van der Waals surface area contributed by atoms with E-state index in [4.69, 9.17) is 14.5 Å². The molecule has 0 unspecified atom stereocenters. The smallest absolute Gasteiger partial charge is 0.311 e. The first-order valence-corrected chi connectivity index (χ1v) is 15.0. The van der Waals surface area contributed by atoms with Gasteiger partial charge in [0.15, 0.2) is 0 Å². The number of para-hydroxylation sites is 1. The minimum Gasteiger partial charge on any atom is -0.488 e. The van der Waals surface area contributed by atoms with E-state index in [0.717, 1.165) is 86.9 Å². The molecule has 1 saturated carbocycles. The van der Waals surface area contributed by atoms with Crippen molar-refractivity contribution >= 4 is 11.8 Å². The molecule has 3 aromatic rings. The minimum atomic E-state index is -0.676. The highest BCUT2D eigenvalue weighted by Gasteiger charge is 2.65. The predicted molar refractivity (Wildman–Crippen MR) is 158 cm³/mol. The van der Waals surface area contributed by atoms with Crippen molar-refractivity contribution in [1.82, 2.24) is 9.88 Å². The number of hydrogen-bond acceptors (Lipinski definition) is 6. The number of fused-ring (bicyclic) bond motifs is 2. The van der Waals surface area contributed by atoms with Crippen LogP contribution in [0, 0.1) is 25.2 Å². The van der Waals surface area contributed by atoms with Gasteiger partial charge < -0.3 is 19.5 Å². The van der Waals surface area contributed by atoms with E-state index in [-0.39, 0.29) is 5.92 Å². The number of benzene rings is 2. The van der Waals surface area contributed by atoms with Gasteiger partial charge in [-0.1, -0.05) is 30.3 Å². The van der Waals surface area contributed by atoms with Gasteiger partial charge in [0.1, 0.15) is 18.2 Å². The van der Waals surface area contributed by atoms with Crippen LogP contribution in [-0.4, -0.2) is 59.8 Å². The summed E-state index contributed by atoms with van der Waals surface area (Å²) in [4.78, 5) is 21.6. The first-order chi connectivity index (χ1) is 19.9. The fourth-order valence-electron chi connectivity index (χ4n) is 7.35. The maximum absolute atomic E-state index is 11.8. The molecule has 3 fully saturated rings. The van der Waals surface area contributed by atoms with Crippen LogP contribution in [0.15, 0.2) is 48.5 Å². The second-order valence-electron chi connectivity index (χ2n) is 12.5. The molecular weight excluding hydrogens is 514 g/mol. The lowest BCUT2D eigenvalue weighted by Gasteiger charge is -2.38. The van der Waals surface area contributed by atoms with Crippen LogP contribution in [0.25, 0.3) is 11.3 Å². The summed E-state index contributed by atoms with van der Waals surface area (Å²) in [7, 11) is 0. The summed E-state index contributed by atoms with van der Waals surface area (Å²) in [6.45, 7) is 10.0. The van der Waals surface area contributed by atoms with Crippen LogP contribution in [-0.2, 0) is 29.1 Å². The van der Waals surface area contributed by atoms with Crippen molar-refractivity contribution in [1.29, 1.82) is 0 Å². The lowest BCUT2D eigenvalue weighted by Crippen LogP contribution is -2.42. The number of nitrogens with zero attached hydrogens (tertiary/aromatic N) is 3. The van der Waals surface area contributed by atoms with Crippen LogP contribution in [0.4, 0.5) is 5.82 Å². The van der Waals surface area contributed by atoms with Gasteiger partial charge in [0, 0.05) is 51.0 Å². The minimum absolute atomic E-state index is 0.230. The van der Waals surface area contributed by atoms with Gasteiger partial charge in [-0.15, -0.1) is 0 Å². The van der Waals surface area contributed by atoms with Gasteiger partial charge in [-0.25, -0.2) is 4.98 Å². The Hall–Kier alpha value is -3.42. The van der Waals surface area contributed by atoms with Crippen molar-refractivity contribution in [3.63, 3.8) is 0 Å². The quantitative estimate of drug-likeness (QED) is 0.420. The molecule has 7 rings (SSSR count). The number of hydrogen-bond donors (Lipinski definition) is 1. The Bertz CT molecular complexity index is 1480. The first kappa shape index (κ1) is 26.5. The molecule has 7 nitrogen and oxygen atoms in total. The third-order valence-corrected chi connectivity index (χ3v) is 9.86. The van der Waals surface area contributed by atoms with E-state index in [1.165, 1.54) is 22.3 Å². The third kappa shape index (κ3) is 4.89. The molecule has 214 valence electrons. The summed E-state index contributed by atoms with van der Waals surface area (Å²) in [5.41, 5.74) is 7.79. The maximum Gasteiger partial charge on any atom is 0.311 e. The number of piperidine rings is 1. The molecule has 4 heterocycles. The molecular formula is C34H39N3O4. The van der Waals surface area contributed by atoms with E-state index in [9.17, 15) is 9.90 Å². The molecule has 2 atom stereocenters. The number of carbonyl (C=O) groups is 1. The zero-order chi connectivity index (χ0) is 28.1. The zero-order valence-corrected chi connectivity index (χ0v) is 24.1. The van der Waals surface area contributed by atoms with Crippen molar-refractivity contribution in [3.8, 4) is 17.0 Å². The van der Waals surface area contributed by atoms with Gasteiger partial charge in [-0.3, -0.25) is 9.69 Å². The summed E-state index contributed by atoms with van der Waals surface area (Å²) < 4.78 is 12.1. The van der Waals surface area contributed by atoms with Crippen molar-refractivity contribution in [2.75, 3.05) is 37.7 Å². The van der Waals surface area contributed by atoms with Crippen LogP contribution in [0.2, 0.25) is 0 Å². The molecule has 0 bridgehead atoms. The number of aromatic nitrogens is 1. The van der Waals surface area contributed by atoms with E-state index in [0.29, 0.717) is 19.2 Å². The number of carboxylic acids is 1. The van der Waals surface area contributed by atoms with Crippen LogP contribution >= 0.6 is 0 Å². The van der Waals surface area contributed by atoms with E-state index >= 15 is 0 Å². The zero-order valence-electron chi connectivity index (χ0n) is 24.1. The Morgan fingerprint density at radius 1 is 1.12 bits per heavy atom. The number of anilines is 1. The van der Waals surface area contributed by atoms with Gasteiger partial charge in [0.25, 0.3) is 0 Å². The largest absolute Gasteiger partial charge is 0.488 e. The normalized spacial score (nSPS) is 24.1. The molecule has 1 N–H and O–H groups in total. The molecule has 4 aliphatic rings. The number of aliphatic carboxylic acids is 1. The van der Waals surface area contributed by atoms with Crippen molar-refractivity contribution in [2.45, 2.75) is 58.7 Å². The number of aryl methyl sites for hydroxylation is 2. The standard InChI is InChI=1S/C34H39N3O4/c1-22-5-3-6-28(30-7-4-8-31(35-30)37-18-26-17-34(26,21-37)33(38)39)32(22)41-20-24-15-23(2)29-19-36(12-9-25(29)16-24)27-10-13-40-14-11-27/h3-8,15-16,26-27H,9-14,17-21H2,1-2H3,(H,38,39)/t26-,34-/m0/s1. The second-order valence-corrected chi connectivity index (χ2v) is 12.5. The molecule has 7 heteroatoms. The lowest BCUT2D eigenvalue weighted by atomic mass is 9.91. The molecule has 1 aromatic heterocycles. The fourth-order valence-corrected chi connectivity index (χ4v) is 7.35. The highest BCUT2D eigenvalue weighted by molar-refractivity contribution is 5.81. The van der Waals surface area contributed by atoms with Gasteiger partial charge in [0.05, 0.1) is 11.1 Å². The summed E-state index contributed by atoms with van der Waals surface area (Å²) in [5.74, 6) is 1.24. The number of ether oxygens (including phenoxy) is 2. The monoisotopic (exact) mass is 553 g/mol. The van der Waals surface area contributed by atoms with Crippen molar-refractivity contribution in [2.24, 2.45) is 11.3 Å². The van der Waals surface area contributed by atoms with Crippen LogP contribution < -0.4 is 9.64 Å². The maximum atomic E-state index is 11.8. The van der Waals surface area contributed by atoms with Gasteiger partial charge in [-0.05, 0) is 91.5 Å². The van der Waals surface area contributed by atoms with Crippen LogP contribution in [0.5, 0.6) is 5.75 Å². The lowest BCUT2D eigenvalue weighted by molar-refractivity contribution is -0.143.